The van der Waals surface area contributed by atoms with Gasteiger partial charge in [0.2, 0.25) is 0 Å². The number of para-hydroxylation sites is 1. The number of aliphatic hydroxyl groups excluding tert-OH is 1. The van der Waals surface area contributed by atoms with E-state index in [9.17, 15) is 9.50 Å². The third-order valence-corrected chi connectivity index (χ3v) is 3.53. The molecular formula is C17H19FO2. The zero-order valence-corrected chi connectivity index (χ0v) is 12.2. The quantitative estimate of drug-likeness (QED) is 0.886. The predicted octanol–water partition coefficient (Wildman–Crippen LogP) is 4.60. The molecule has 0 aliphatic rings. The molecule has 0 fully saturated rings. The molecule has 0 heterocycles. The fraction of sp³-hybridized carbons (Fsp3) is 0.294. The van der Waals surface area contributed by atoms with Gasteiger partial charge in [-0.05, 0) is 50.5 Å². The van der Waals surface area contributed by atoms with Gasteiger partial charge in [-0.15, -0.1) is 0 Å². The largest absolute Gasteiger partial charge is 0.453 e. The van der Waals surface area contributed by atoms with Crippen molar-refractivity contribution in [1.82, 2.24) is 0 Å². The van der Waals surface area contributed by atoms with Crippen LogP contribution in [0, 0.1) is 26.6 Å². The summed E-state index contributed by atoms with van der Waals surface area (Å²) in [6.45, 7) is 7.45. The Bertz CT molecular complexity index is 633. The van der Waals surface area contributed by atoms with Crippen molar-refractivity contribution in [2.75, 3.05) is 0 Å². The number of hydrogen-bond donors (Lipinski definition) is 1. The summed E-state index contributed by atoms with van der Waals surface area (Å²) in [4.78, 5) is 0. The van der Waals surface area contributed by atoms with Crippen LogP contribution in [0.5, 0.6) is 11.5 Å². The Labute approximate surface area is 118 Å². The fourth-order valence-corrected chi connectivity index (χ4v) is 2.15. The lowest BCUT2D eigenvalue weighted by Gasteiger charge is -2.17. The van der Waals surface area contributed by atoms with Crippen LogP contribution in [-0.4, -0.2) is 5.11 Å². The summed E-state index contributed by atoms with van der Waals surface area (Å²) < 4.78 is 19.8. The molecule has 1 N–H and O–H groups in total. The van der Waals surface area contributed by atoms with Crippen molar-refractivity contribution in [2.24, 2.45) is 0 Å². The summed E-state index contributed by atoms with van der Waals surface area (Å²) in [5, 5.41) is 9.75. The molecule has 2 aromatic rings. The summed E-state index contributed by atoms with van der Waals surface area (Å²) >= 11 is 0. The van der Waals surface area contributed by atoms with E-state index in [-0.39, 0.29) is 5.75 Å². The first-order valence-electron chi connectivity index (χ1n) is 6.63. The number of ether oxygens (including phenoxy) is 1. The van der Waals surface area contributed by atoms with E-state index in [1.165, 1.54) is 6.07 Å². The predicted molar refractivity (Wildman–Crippen MR) is 77.8 cm³/mol. The number of benzene rings is 2. The molecule has 0 amide bonds. The Balaban J connectivity index is 2.53. The van der Waals surface area contributed by atoms with Crippen molar-refractivity contribution in [1.29, 1.82) is 0 Å². The van der Waals surface area contributed by atoms with Gasteiger partial charge in [0.15, 0.2) is 11.6 Å². The summed E-state index contributed by atoms with van der Waals surface area (Å²) in [6.07, 6.45) is -0.786. The molecule has 106 valence electrons. The van der Waals surface area contributed by atoms with E-state index in [1.54, 1.807) is 19.1 Å². The van der Waals surface area contributed by atoms with Gasteiger partial charge < -0.3 is 9.84 Å². The van der Waals surface area contributed by atoms with Gasteiger partial charge in [-0.1, -0.05) is 24.3 Å². The van der Waals surface area contributed by atoms with Gasteiger partial charge >= 0.3 is 0 Å². The normalized spacial score (nSPS) is 12.3. The molecule has 0 aliphatic carbocycles. The standard InChI is InChI=1S/C17H19FO2/c1-10-8-9-11(2)16(12(10)3)20-17-14(13(4)19)6-5-7-15(17)18/h5-9,13,19H,1-4H3. The Kier molecular flexibility index (Phi) is 4.09. The zero-order valence-electron chi connectivity index (χ0n) is 12.2. The van der Waals surface area contributed by atoms with Crippen molar-refractivity contribution in [3.63, 3.8) is 0 Å². The number of rotatable bonds is 3. The second kappa shape index (κ2) is 5.63. The molecule has 0 bridgehead atoms. The van der Waals surface area contributed by atoms with Crippen LogP contribution >= 0.6 is 0 Å². The monoisotopic (exact) mass is 274 g/mol. The van der Waals surface area contributed by atoms with Crippen LogP contribution in [-0.2, 0) is 0 Å². The summed E-state index contributed by atoms with van der Waals surface area (Å²) in [7, 11) is 0. The number of aryl methyl sites for hydroxylation is 2. The average Bonchev–Trinajstić information content (AvgIpc) is 2.40. The minimum atomic E-state index is -0.786. The third kappa shape index (κ3) is 2.68. The van der Waals surface area contributed by atoms with Crippen LogP contribution in [0.2, 0.25) is 0 Å². The van der Waals surface area contributed by atoms with E-state index in [2.05, 4.69) is 0 Å². The summed E-state index contributed by atoms with van der Waals surface area (Å²) in [6, 6.07) is 8.53. The van der Waals surface area contributed by atoms with E-state index in [4.69, 9.17) is 4.74 Å². The molecule has 1 atom stereocenters. The Morgan fingerprint density at radius 1 is 1.00 bits per heavy atom. The molecule has 2 nitrogen and oxygen atoms in total. The highest BCUT2D eigenvalue weighted by Gasteiger charge is 2.17. The van der Waals surface area contributed by atoms with E-state index >= 15 is 0 Å². The first-order valence-corrected chi connectivity index (χ1v) is 6.63. The first kappa shape index (κ1) is 14.5. The molecule has 20 heavy (non-hydrogen) atoms. The van der Waals surface area contributed by atoms with Gasteiger partial charge in [0.05, 0.1) is 6.10 Å². The highest BCUT2D eigenvalue weighted by atomic mass is 19.1. The van der Waals surface area contributed by atoms with Gasteiger partial charge in [0, 0.05) is 5.56 Å². The lowest BCUT2D eigenvalue weighted by Crippen LogP contribution is -2.01. The van der Waals surface area contributed by atoms with Gasteiger partial charge in [-0.25, -0.2) is 4.39 Å². The van der Waals surface area contributed by atoms with Crippen molar-refractivity contribution in [2.45, 2.75) is 33.8 Å². The molecule has 0 aliphatic heterocycles. The van der Waals surface area contributed by atoms with Gasteiger partial charge in [0.1, 0.15) is 5.75 Å². The van der Waals surface area contributed by atoms with Crippen LogP contribution in [0.4, 0.5) is 4.39 Å². The third-order valence-electron chi connectivity index (χ3n) is 3.53. The van der Waals surface area contributed by atoms with Crippen LogP contribution < -0.4 is 4.74 Å². The van der Waals surface area contributed by atoms with E-state index < -0.39 is 11.9 Å². The number of aliphatic hydroxyl groups is 1. The molecule has 3 heteroatoms. The second-order valence-electron chi connectivity index (χ2n) is 5.09. The van der Waals surface area contributed by atoms with Crippen LogP contribution in [0.1, 0.15) is 35.3 Å². The van der Waals surface area contributed by atoms with E-state index in [0.29, 0.717) is 11.3 Å². The highest BCUT2D eigenvalue weighted by molar-refractivity contribution is 5.48. The van der Waals surface area contributed by atoms with Crippen LogP contribution in [0.15, 0.2) is 30.3 Å². The first-order chi connectivity index (χ1) is 9.41. The fourth-order valence-electron chi connectivity index (χ4n) is 2.15. The average molecular weight is 274 g/mol. The van der Waals surface area contributed by atoms with Crippen molar-refractivity contribution < 1.29 is 14.2 Å². The minimum absolute atomic E-state index is 0.0966. The maximum absolute atomic E-state index is 14.0. The van der Waals surface area contributed by atoms with Crippen molar-refractivity contribution >= 4 is 0 Å². The topological polar surface area (TPSA) is 29.5 Å². The summed E-state index contributed by atoms with van der Waals surface area (Å²) in [5.41, 5.74) is 3.45. The minimum Gasteiger partial charge on any atom is -0.453 e. The lowest BCUT2D eigenvalue weighted by atomic mass is 10.0. The summed E-state index contributed by atoms with van der Waals surface area (Å²) in [5.74, 6) is 0.278. The van der Waals surface area contributed by atoms with E-state index in [1.807, 2.05) is 32.9 Å². The molecule has 0 radical (unpaired) electrons. The Morgan fingerprint density at radius 3 is 2.30 bits per heavy atom. The molecule has 2 aromatic carbocycles. The maximum Gasteiger partial charge on any atom is 0.168 e. The Hall–Kier alpha value is -1.87. The SMILES string of the molecule is Cc1ccc(C)c(Oc2c(F)cccc2C(C)O)c1C. The molecule has 1 unspecified atom stereocenters. The van der Waals surface area contributed by atoms with Crippen LogP contribution in [0.3, 0.4) is 0 Å². The smallest absolute Gasteiger partial charge is 0.168 e. The van der Waals surface area contributed by atoms with Gasteiger partial charge in [0.25, 0.3) is 0 Å². The van der Waals surface area contributed by atoms with E-state index in [0.717, 1.165) is 16.7 Å². The number of halogens is 1. The van der Waals surface area contributed by atoms with Crippen molar-refractivity contribution in [3.8, 4) is 11.5 Å². The molecule has 0 spiro atoms. The Morgan fingerprint density at radius 2 is 1.65 bits per heavy atom. The maximum atomic E-state index is 14.0. The van der Waals surface area contributed by atoms with Crippen molar-refractivity contribution in [3.05, 3.63) is 58.4 Å². The second-order valence-corrected chi connectivity index (χ2v) is 5.09. The molecular weight excluding hydrogens is 255 g/mol. The molecule has 2 rings (SSSR count). The van der Waals surface area contributed by atoms with Gasteiger partial charge in [-0.2, -0.15) is 0 Å². The highest BCUT2D eigenvalue weighted by Crippen LogP contribution is 2.36. The number of hydrogen-bond acceptors (Lipinski definition) is 2. The molecule has 0 aromatic heterocycles. The van der Waals surface area contributed by atoms with Gasteiger partial charge in [-0.3, -0.25) is 0 Å². The van der Waals surface area contributed by atoms with Crippen LogP contribution in [0.25, 0.3) is 0 Å². The molecule has 0 saturated heterocycles. The lowest BCUT2D eigenvalue weighted by molar-refractivity contribution is 0.194. The molecule has 0 saturated carbocycles. The zero-order chi connectivity index (χ0) is 14.9.